The largest absolute Gasteiger partial charge is 0.369 e. The summed E-state index contributed by atoms with van der Waals surface area (Å²) in [6.07, 6.45) is 3.83. The van der Waals surface area contributed by atoms with Crippen molar-refractivity contribution in [3.05, 3.63) is 64.3 Å². The molecule has 0 amide bonds. The van der Waals surface area contributed by atoms with E-state index in [0.29, 0.717) is 6.04 Å². The lowest BCUT2D eigenvalue weighted by molar-refractivity contribution is 0.103. The molecule has 0 saturated carbocycles. The Morgan fingerprint density at radius 2 is 1.88 bits per heavy atom. The second kappa shape index (κ2) is 8.14. The van der Waals surface area contributed by atoms with E-state index in [1.165, 1.54) is 24.7 Å². The number of hydrogen-bond acceptors (Lipinski definition) is 4. The van der Waals surface area contributed by atoms with E-state index in [0.717, 1.165) is 65.0 Å². The van der Waals surface area contributed by atoms with Crippen LogP contribution in [0, 0.1) is 5.41 Å². The number of ketones is 1. The molecule has 3 aromatic rings. The van der Waals surface area contributed by atoms with Gasteiger partial charge in [-0.25, -0.2) is 0 Å². The number of nitrogens with zero attached hydrogens (tertiary/aromatic N) is 2. The van der Waals surface area contributed by atoms with E-state index in [9.17, 15) is 4.79 Å². The molecule has 2 aliphatic rings. The van der Waals surface area contributed by atoms with Gasteiger partial charge in [0.15, 0.2) is 5.78 Å². The third-order valence-corrected chi connectivity index (χ3v) is 7.77. The number of hydrogen-bond donors (Lipinski definition) is 2. The van der Waals surface area contributed by atoms with Crippen LogP contribution in [0.15, 0.2) is 36.4 Å². The fourth-order valence-corrected chi connectivity index (χ4v) is 5.74. The molecule has 1 aliphatic heterocycles. The number of anilines is 1. The highest BCUT2D eigenvalue weighted by atomic mass is 16.1. The minimum Gasteiger partial charge on any atom is -0.369 e. The van der Waals surface area contributed by atoms with Gasteiger partial charge in [-0.1, -0.05) is 39.3 Å². The standard InChI is InChI=1S/C28H34N4O/c1-5-6-18(2)31-11-13-32(14-12-31)20-8-10-21-23(16-20)28(3,4)27-25(26(21)33)22-9-7-19(17-29)15-24(22)30-27/h7-10,15-18,29-30H,5-6,11-14H2,1-4H3. The Morgan fingerprint density at radius 3 is 2.58 bits per heavy atom. The SMILES string of the molecule is CCCC(C)N1CCN(c2ccc3c(c2)C(C)(C)c2[nH]c4cc(C=N)ccc4c2C3=O)CC1. The highest BCUT2D eigenvalue weighted by molar-refractivity contribution is 6.20. The predicted molar refractivity (Wildman–Crippen MR) is 136 cm³/mol. The summed E-state index contributed by atoms with van der Waals surface area (Å²) in [4.78, 5) is 22.2. The zero-order chi connectivity index (χ0) is 23.3. The summed E-state index contributed by atoms with van der Waals surface area (Å²) in [5.74, 6) is 0.0953. The average molecular weight is 443 g/mol. The van der Waals surface area contributed by atoms with E-state index < -0.39 is 0 Å². The summed E-state index contributed by atoms with van der Waals surface area (Å²) in [5, 5.41) is 8.51. The Bertz CT molecular complexity index is 1230. The van der Waals surface area contributed by atoms with Crippen molar-refractivity contribution in [1.82, 2.24) is 9.88 Å². The van der Waals surface area contributed by atoms with Gasteiger partial charge < -0.3 is 15.3 Å². The first kappa shape index (κ1) is 21.9. The third kappa shape index (κ3) is 3.50. The molecule has 0 spiro atoms. The number of benzene rings is 2. The minimum absolute atomic E-state index is 0.0953. The fraction of sp³-hybridized carbons (Fsp3) is 0.429. The summed E-state index contributed by atoms with van der Waals surface area (Å²) in [6.45, 7) is 13.2. The first-order valence-corrected chi connectivity index (χ1v) is 12.2. The lowest BCUT2D eigenvalue weighted by Gasteiger charge is -2.40. The number of nitrogens with one attached hydrogen (secondary N) is 2. The van der Waals surface area contributed by atoms with Gasteiger partial charge in [-0.3, -0.25) is 9.69 Å². The summed E-state index contributed by atoms with van der Waals surface area (Å²) >= 11 is 0. The molecule has 172 valence electrons. The Kier molecular flexibility index (Phi) is 5.40. The van der Waals surface area contributed by atoms with Gasteiger partial charge in [-0.2, -0.15) is 0 Å². The van der Waals surface area contributed by atoms with E-state index in [-0.39, 0.29) is 11.2 Å². The lowest BCUT2D eigenvalue weighted by Crippen LogP contribution is -2.49. The van der Waals surface area contributed by atoms with Gasteiger partial charge in [0.2, 0.25) is 0 Å². The maximum absolute atomic E-state index is 13.6. The van der Waals surface area contributed by atoms with E-state index in [1.807, 2.05) is 24.3 Å². The quantitative estimate of drug-likeness (QED) is 0.524. The Morgan fingerprint density at radius 1 is 1.12 bits per heavy atom. The van der Waals surface area contributed by atoms with Crippen molar-refractivity contribution >= 4 is 28.6 Å². The molecule has 1 unspecified atom stereocenters. The number of piperazine rings is 1. The van der Waals surface area contributed by atoms with Gasteiger partial charge in [0, 0.05) is 71.7 Å². The van der Waals surface area contributed by atoms with E-state index in [4.69, 9.17) is 5.41 Å². The van der Waals surface area contributed by atoms with Crippen molar-refractivity contribution in [1.29, 1.82) is 5.41 Å². The molecular formula is C28H34N4O. The van der Waals surface area contributed by atoms with E-state index in [1.54, 1.807) is 0 Å². The first-order chi connectivity index (χ1) is 15.8. The predicted octanol–water partition coefficient (Wildman–Crippen LogP) is 5.35. The number of H-pyrrole nitrogens is 1. The Hall–Kier alpha value is -2.92. The number of aromatic nitrogens is 1. The van der Waals surface area contributed by atoms with Gasteiger partial charge in [0.05, 0.1) is 5.56 Å². The molecule has 33 heavy (non-hydrogen) atoms. The van der Waals surface area contributed by atoms with Crippen molar-refractivity contribution in [3.63, 3.8) is 0 Å². The zero-order valence-electron chi connectivity index (χ0n) is 20.2. The van der Waals surface area contributed by atoms with Crippen LogP contribution >= 0.6 is 0 Å². The van der Waals surface area contributed by atoms with Crippen molar-refractivity contribution in [2.24, 2.45) is 0 Å². The van der Waals surface area contributed by atoms with E-state index in [2.05, 4.69) is 54.6 Å². The smallest absolute Gasteiger partial charge is 0.195 e. The highest BCUT2D eigenvalue weighted by Crippen LogP contribution is 2.44. The molecular weight excluding hydrogens is 408 g/mol. The Balaban J connectivity index is 1.49. The second-order valence-corrected chi connectivity index (χ2v) is 10.2. The van der Waals surface area contributed by atoms with Gasteiger partial charge in [-0.15, -0.1) is 0 Å². The summed E-state index contributed by atoms with van der Waals surface area (Å²) < 4.78 is 0. The number of aromatic amines is 1. The molecule has 1 fully saturated rings. The minimum atomic E-state index is -0.310. The monoisotopic (exact) mass is 442 g/mol. The third-order valence-electron chi connectivity index (χ3n) is 7.77. The van der Waals surface area contributed by atoms with Crippen LogP contribution in [-0.2, 0) is 5.41 Å². The molecule has 2 N–H and O–H groups in total. The van der Waals surface area contributed by atoms with Crippen LogP contribution < -0.4 is 4.90 Å². The van der Waals surface area contributed by atoms with Gasteiger partial charge in [-0.05, 0) is 48.7 Å². The zero-order valence-corrected chi connectivity index (χ0v) is 20.2. The summed E-state index contributed by atoms with van der Waals surface area (Å²) in [5.41, 5.74) is 6.32. The van der Waals surface area contributed by atoms with Crippen LogP contribution in [0.2, 0.25) is 0 Å². The van der Waals surface area contributed by atoms with Gasteiger partial charge in [0.25, 0.3) is 0 Å². The molecule has 1 atom stereocenters. The average Bonchev–Trinajstić information content (AvgIpc) is 3.23. The van der Waals surface area contributed by atoms with Crippen molar-refractivity contribution in [3.8, 4) is 0 Å². The molecule has 2 aromatic carbocycles. The van der Waals surface area contributed by atoms with Crippen molar-refractivity contribution < 1.29 is 4.79 Å². The van der Waals surface area contributed by atoms with Crippen LogP contribution in [-0.4, -0.2) is 54.1 Å². The topological polar surface area (TPSA) is 63.2 Å². The maximum atomic E-state index is 13.6. The molecule has 1 aromatic heterocycles. The lowest BCUT2D eigenvalue weighted by atomic mass is 9.71. The Labute approximate surface area is 196 Å². The molecule has 5 rings (SSSR count). The number of rotatable bonds is 5. The van der Waals surface area contributed by atoms with Crippen molar-refractivity contribution in [2.45, 2.75) is 52.0 Å². The van der Waals surface area contributed by atoms with E-state index >= 15 is 0 Å². The van der Waals surface area contributed by atoms with Crippen LogP contribution in [0.5, 0.6) is 0 Å². The van der Waals surface area contributed by atoms with Crippen LogP contribution in [0.4, 0.5) is 5.69 Å². The van der Waals surface area contributed by atoms with Gasteiger partial charge >= 0.3 is 0 Å². The molecule has 5 nitrogen and oxygen atoms in total. The van der Waals surface area contributed by atoms with Crippen LogP contribution in [0.1, 0.15) is 73.3 Å². The highest BCUT2D eigenvalue weighted by Gasteiger charge is 2.40. The molecule has 0 bridgehead atoms. The summed E-state index contributed by atoms with van der Waals surface area (Å²) in [6, 6.07) is 12.9. The second-order valence-electron chi connectivity index (χ2n) is 10.2. The van der Waals surface area contributed by atoms with Crippen molar-refractivity contribution in [2.75, 3.05) is 31.1 Å². The summed E-state index contributed by atoms with van der Waals surface area (Å²) in [7, 11) is 0. The molecule has 1 aliphatic carbocycles. The first-order valence-electron chi connectivity index (χ1n) is 12.2. The molecule has 2 heterocycles. The number of carbonyl (C=O) groups is 1. The maximum Gasteiger partial charge on any atom is 0.195 e. The number of fused-ring (bicyclic) bond motifs is 4. The normalized spacial score (nSPS) is 18.8. The number of carbonyl (C=O) groups excluding carboxylic acids is 1. The molecule has 1 saturated heterocycles. The molecule has 0 radical (unpaired) electrons. The van der Waals surface area contributed by atoms with Crippen LogP contribution in [0.25, 0.3) is 10.9 Å². The molecule has 5 heteroatoms. The van der Waals surface area contributed by atoms with Gasteiger partial charge in [0.1, 0.15) is 0 Å². The fourth-order valence-electron chi connectivity index (χ4n) is 5.74. The van der Waals surface area contributed by atoms with Crippen LogP contribution in [0.3, 0.4) is 0 Å².